The largest absolute Gasteiger partial charge is 0.495 e. The van der Waals surface area contributed by atoms with Crippen LogP contribution in [0.2, 0.25) is 0 Å². The number of halogens is 1. The summed E-state index contributed by atoms with van der Waals surface area (Å²) in [5, 5.41) is 2.37. The standard InChI is InChI=1S/C23H30FN5O3S/c1-13-10-15(32-5)12-26-19(13)20(30)28-14-6-7-17(24)16(11-14)23(4)18-8-9-27-33(18,31)22(2,3)21(25)29-23/h6-7,10-12,18,33H,8-9H2,1-5H3,(H2,25,29)(H,27,31)(H,28,30)/t18-,23+/m0/s1. The summed E-state index contributed by atoms with van der Waals surface area (Å²) in [6.45, 7) is 7.69. The Kier molecular flexibility index (Phi) is 5.57. The van der Waals surface area contributed by atoms with Crippen molar-refractivity contribution in [1.82, 2.24) is 9.71 Å². The second kappa shape index (κ2) is 7.88. The third kappa shape index (κ3) is 3.52. The fraction of sp³-hybridized carbons (Fsp3) is 0.435. The van der Waals surface area contributed by atoms with E-state index in [2.05, 4.69) is 15.0 Å². The number of nitrogens with zero attached hydrogens (tertiary/aromatic N) is 2. The molecule has 0 bridgehead atoms. The van der Waals surface area contributed by atoms with Gasteiger partial charge in [-0.15, -0.1) is 0 Å². The molecular weight excluding hydrogens is 445 g/mol. The molecule has 0 saturated carbocycles. The number of hydrogen-bond donors (Lipinski definition) is 4. The van der Waals surface area contributed by atoms with E-state index in [-0.39, 0.29) is 17.1 Å². The van der Waals surface area contributed by atoms with Gasteiger partial charge in [-0.3, -0.25) is 18.7 Å². The van der Waals surface area contributed by atoms with E-state index < -0.39 is 37.4 Å². The highest BCUT2D eigenvalue weighted by molar-refractivity contribution is 8.04. The highest BCUT2D eigenvalue weighted by atomic mass is 32.3. The molecule has 10 heteroatoms. The molecule has 1 fully saturated rings. The predicted octanol–water partition coefficient (Wildman–Crippen LogP) is 2.45. The summed E-state index contributed by atoms with van der Waals surface area (Å²) in [6, 6.07) is 6.02. The van der Waals surface area contributed by atoms with E-state index in [0.29, 0.717) is 30.0 Å². The van der Waals surface area contributed by atoms with Crippen LogP contribution in [0.4, 0.5) is 10.1 Å². The summed E-state index contributed by atoms with van der Waals surface area (Å²) in [4.78, 5) is 21.7. The molecule has 0 spiro atoms. The van der Waals surface area contributed by atoms with Gasteiger partial charge in [0.05, 0.1) is 23.3 Å². The molecule has 0 unspecified atom stereocenters. The maximum absolute atomic E-state index is 15.1. The van der Waals surface area contributed by atoms with Crippen molar-refractivity contribution >= 4 is 27.5 Å². The van der Waals surface area contributed by atoms with E-state index in [1.807, 2.05) is 13.8 Å². The van der Waals surface area contributed by atoms with Gasteiger partial charge >= 0.3 is 0 Å². The lowest BCUT2D eigenvalue weighted by Gasteiger charge is -2.50. The number of benzene rings is 1. The third-order valence-corrected chi connectivity index (χ3v) is 11.2. The number of pyridine rings is 1. The van der Waals surface area contributed by atoms with Crippen LogP contribution in [0.25, 0.3) is 0 Å². The van der Waals surface area contributed by atoms with Crippen LogP contribution in [0.5, 0.6) is 5.75 Å². The number of fused-ring (bicyclic) bond motifs is 1. The molecule has 1 amide bonds. The number of methoxy groups -OCH3 is 1. The van der Waals surface area contributed by atoms with Crippen molar-refractivity contribution in [2.24, 2.45) is 10.7 Å². The minimum absolute atomic E-state index is 0.228. The molecule has 8 nitrogen and oxygen atoms in total. The molecule has 2 aliphatic heterocycles. The Morgan fingerprint density at radius 1 is 1.33 bits per heavy atom. The molecular formula is C23H30FN5O3S. The van der Waals surface area contributed by atoms with Crippen molar-refractivity contribution in [1.29, 1.82) is 0 Å². The van der Waals surface area contributed by atoms with E-state index >= 15 is 4.39 Å². The van der Waals surface area contributed by atoms with Crippen molar-refractivity contribution in [3.63, 3.8) is 0 Å². The summed E-state index contributed by atoms with van der Waals surface area (Å²) < 4.78 is 36.6. The molecule has 178 valence electrons. The quantitative estimate of drug-likeness (QED) is 0.507. The van der Waals surface area contributed by atoms with Crippen LogP contribution < -0.4 is 20.5 Å². The zero-order valence-electron chi connectivity index (χ0n) is 19.4. The second-order valence-corrected chi connectivity index (χ2v) is 12.6. The number of carbonyl (C=O) groups excluding carboxylic acids is 1. The fourth-order valence-corrected chi connectivity index (χ4v) is 8.48. The maximum atomic E-state index is 15.1. The van der Waals surface area contributed by atoms with Gasteiger partial charge in [0.15, 0.2) is 0 Å². The van der Waals surface area contributed by atoms with Crippen LogP contribution in [-0.2, 0) is 15.7 Å². The first-order chi connectivity index (χ1) is 15.4. The van der Waals surface area contributed by atoms with Crippen LogP contribution in [0.15, 0.2) is 35.5 Å². The maximum Gasteiger partial charge on any atom is 0.274 e. The van der Waals surface area contributed by atoms with Crippen molar-refractivity contribution in [2.45, 2.75) is 49.7 Å². The second-order valence-electron chi connectivity index (χ2n) is 9.26. The number of ether oxygens (including phenoxy) is 1. The number of anilines is 1. The van der Waals surface area contributed by atoms with Gasteiger partial charge in [-0.2, -0.15) is 0 Å². The zero-order chi connectivity index (χ0) is 24.2. The Morgan fingerprint density at radius 2 is 2.06 bits per heavy atom. The Balaban J connectivity index is 1.73. The van der Waals surface area contributed by atoms with Gasteiger partial charge in [-0.1, -0.05) is 0 Å². The van der Waals surface area contributed by atoms with Gasteiger partial charge in [0, 0.05) is 17.8 Å². The normalized spacial score (nSPS) is 26.1. The highest BCUT2D eigenvalue weighted by Crippen LogP contribution is 2.49. The molecule has 3 heterocycles. The van der Waals surface area contributed by atoms with E-state index in [1.54, 1.807) is 26.0 Å². The number of amides is 1. The van der Waals surface area contributed by atoms with Crippen LogP contribution in [0, 0.1) is 12.7 Å². The Morgan fingerprint density at radius 3 is 2.73 bits per heavy atom. The SMILES string of the molecule is COc1cnc(C(=O)Nc2ccc(F)c([C@@]3(C)N=C(N)C(C)(C)[SH]4(=O)NCC[C@@H]34)c2)c(C)c1. The Bertz CT molecular complexity index is 1210. The van der Waals surface area contributed by atoms with Gasteiger partial charge in [0.1, 0.15) is 28.6 Å². The smallest absolute Gasteiger partial charge is 0.274 e. The summed E-state index contributed by atoms with van der Waals surface area (Å²) in [5.41, 5.74) is 6.64. The Labute approximate surface area is 193 Å². The molecule has 0 radical (unpaired) electrons. The number of rotatable bonds is 4. The molecule has 0 aliphatic carbocycles. The van der Waals surface area contributed by atoms with E-state index in [9.17, 15) is 9.00 Å². The first-order valence-electron chi connectivity index (χ1n) is 10.8. The predicted molar refractivity (Wildman–Crippen MR) is 129 cm³/mol. The van der Waals surface area contributed by atoms with Gasteiger partial charge in [0.2, 0.25) is 0 Å². The monoisotopic (exact) mass is 475 g/mol. The number of carbonyl (C=O) groups is 1. The molecule has 1 saturated heterocycles. The number of nitrogens with two attached hydrogens (primary N) is 1. The minimum atomic E-state index is -3.03. The lowest BCUT2D eigenvalue weighted by Crippen LogP contribution is -2.64. The van der Waals surface area contributed by atoms with Crippen molar-refractivity contribution in [3.05, 3.63) is 53.1 Å². The van der Waals surface area contributed by atoms with Gasteiger partial charge in [-0.05, 0) is 74.1 Å². The molecule has 4 rings (SSSR count). The number of hydrogen-bond acceptors (Lipinski definition) is 6. The zero-order valence-corrected chi connectivity index (χ0v) is 20.3. The summed E-state index contributed by atoms with van der Waals surface area (Å²) in [5.74, 6) is -0.153. The number of aliphatic imine (C=N–C) groups is 1. The lowest BCUT2D eigenvalue weighted by molar-refractivity contribution is 0.102. The average Bonchev–Trinajstić information content (AvgIpc) is 3.18. The molecule has 2 aromatic rings. The number of aromatic nitrogens is 1. The summed E-state index contributed by atoms with van der Waals surface area (Å²) in [6.07, 6.45) is 2.05. The minimum Gasteiger partial charge on any atom is -0.495 e. The number of thiol groups is 1. The Hall–Kier alpha value is -2.85. The summed E-state index contributed by atoms with van der Waals surface area (Å²) >= 11 is 0. The molecule has 4 N–H and O–H groups in total. The summed E-state index contributed by atoms with van der Waals surface area (Å²) in [7, 11) is -1.50. The van der Waals surface area contributed by atoms with Gasteiger partial charge < -0.3 is 15.8 Å². The first kappa shape index (κ1) is 23.3. The molecule has 2 aliphatic rings. The topological polar surface area (TPSA) is 119 Å². The number of nitrogens with one attached hydrogen (secondary N) is 2. The first-order valence-corrected chi connectivity index (χ1v) is 12.5. The molecule has 33 heavy (non-hydrogen) atoms. The fourth-order valence-electron chi connectivity index (χ4n) is 4.83. The average molecular weight is 476 g/mol. The van der Waals surface area contributed by atoms with Gasteiger partial charge in [-0.25, -0.2) is 9.37 Å². The molecule has 1 aromatic heterocycles. The van der Waals surface area contributed by atoms with Crippen LogP contribution in [-0.4, -0.2) is 44.6 Å². The third-order valence-electron chi connectivity index (χ3n) is 6.94. The molecule has 2 atom stereocenters. The van der Waals surface area contributed by atoms with Crippen LogP contribution in [0.3, 0.4) is 0 Å². The van der Waals surface area contributed by atoms with E-state index in [1.165, 1.54) is 25.4 Å². The van der Waals surface area contributed by atoms with Gasteiger partial charge in [0.25, 0.3) is 5.91 Å². The van der Waals surface area contributed by atoms with Crippen molar-refractivity contribution in [3.8, 4) is 5.75 Å². The van der Waals surface area contributed by atoms with E-state index in [4.69, 9.17) is 15.5 Å². The molecule has 1 aromatic carbocycles. The van der Waals surface area contributed by atoms with Crippen molar-refractivity contribution < 1.29 is 18.1 Å². The van der Waals surface area contributed by atoms with Crippen LogP contribution >= 0.6 is 0 Å². The van der Waals surface area contributed by atoms with Crippen molar-refractivity contribution in [2.75, 3.05) is 19.0 Å². The number of amidine groups is 1. The van der Waals surface area contributed by atoms with Crippen LogP contribution in [0.1, 0.15) is 48.8 Å². The number of aryl methyl sites for hydroxylation is 1. The highest BCUT2D eigenvalue weighted by Gasteiger charge is 2.58. The van der Waals surface area contributed by atoms with E-state index in [0.717, 1.165) is 0 Å². The lowest BCUT2D eigenvalue weighted by atomic mass is 9.85.